The maximum absolute atomic E-state index is 10.2. The Kier molecular flexibility index (Phi) is 10.7. The number of aliphatic carboxylic acids is 1. The predicted molar refractivity (Wildman–Crippen MR) is 87.8 cm³/mol. The first kappa shape index (κ1) is 18.9. The molecule has 1 saturated heterocycles. The van der Waals surface area contributed by atoms with Gasteiger partial charge in [-0.1, -0.05) is 50.3 Å². The Hall–Kier alpha value is -1.13. The van der Waals surface area contributed by atoms with Gasteiger partial charge in [0.25, 0.3) is 0 Å². The molecule has 126 valence electrons. The lowest BCUT2D eigenvalue weighted by molar-refractivity contribution is -0.131. The van der Waals surface area contributed by atoms with E-state index in [0.717, 1.165) is 38.2 Å². The number of ether oxygens (including phenoxy) is 1. The molecule has 0 spiro atoms. The minimum atomic E-state index is -0.910. The SMILES string of the molecule is O=C(O)C=CC=CCCCC1OC1CCCCCCCCO. The summed E-state index contributed by atoms with van der Waals surface area (Å²) in [6.45, 7) is 0.322. The third kappa shape index (κ3) is 10.6. The third-order valence-electron chi connectivity index (χ3n) is 3.93. The number of carbonyl (C=O) groups is 1. The zero-order chi connectivity index (χ0) is 16.0. The number of epoxide rings is 1. The Morgan fingerprint density at radius 3 is 2.23 bits per heavy atom. The van der Waals surface area contributed by atoms with E-state index in [1.807, 2.05) is 6.08 Å². The fourth-order valence-electron chi connectivity index (χ4n) is 2.60. The topological polar surface area (TPSA) is 70.1 Å². The van der Waals surface area contributed by atoms with Crippen molar-refractivity contribution in [3.8, 4) is 0 Å². The second-order valence-electron chi connectivity index (χ2n) is 5.90. The average molecular weight is 310 g/mol. The highest BCUT2D eigenvalue weighted by Crippen LogP contribution is 2.31. The lowest BCUT2D eigenvalue weighted by atomic mass is 10.1. The molecule has 4 nitrogen and oxygen atoms in total. The largest absolute Gasteiger partial charge is 0.478 e. The molecule has 0 aliphatic carbocycles. The Balaban J connectivity index is 1.85. The highest BCUT2D eigenvalue weighted by molar-refractivity contribution is 5.80. The van der Waals surface area contributed by atoms with Crippen LogP contribution in [0.5, 0.6) is 0 Å². The van der Waals surface area contributed by atoms with Crippen LogP contribution in [-0.2, 0) is 9.53 Å². The van der Waals surface area contributed by atoms with Crippen LogP contribution >= 0.6 is 0 Å². The summed E-state index contributed by atoms with van der Waals surface area (Å²) in [5.74, 6) is -0.910. The second-order valence-corrected chi connectivity index (χ2v) is 5.90. The molecule has 1 heterocycles. The van der Waals surface area contributed by atoms with Crippen LogP contribution in [0.25, 0.3) is 0 Å². The molecule has 0 bridgehead atoms. The van der Waals surface area contributed by atoms with Gasteiger partial charge in [0, 0.05) is 12.7 Å². The lowest BCUT2D eigenvalue weighted by Gasteiger charge is -1.99. The van der Waals surface area contributed by atoms with Gasteiger partial charge in [-0.2, -0.15) is 0 Å². The van der Waals surface area contributed by atoms with Crippen molar-refractivity contribution in [1.29, 1.82) is 0 Å². The van der Waals surface area contributed by atoms with Crippen LogP contribution in [0.15, 0.2) is 24.3 Å². The summed E-state index contributed by atoms with van der Waals surface area (Å²) < 4.78 is 5.67. The second kappa shape index (κ2) is 12.4. The molecule has 1 fully saturated rings. The van der Waals surface area contributed by atoms with Gasteiger partial charge in [-0.3, -0.25) is 0 Å². The lowest BCUT2D eigenvalue weighted by Crippen LogP contribution is -1.94. The fourth-order valence-corrected chi connectivity index (χ4v) is 2.60. The van der Waals surface area contributed by atoms with Crippen LogP contribution < -0.4 is 0 Å². The van der Waals surface area contributed by atoms with Crippen molar-refractivity contribution < 1.29 is 19.7 Å². The monoisotopic (exact) mass is 310 g/mol. The summed E-state index contributed by atoms with van der Waals surface area (Å²) in [5, 5.41) is 17.1. The molecular weight excluding hydrogens is 280 g/mol. The normalized spacial score (nSPS) is 21.0. The number of hydrogen-bond donors (Lipinski definition) is 2. The van der Waals surface area contributed by atoms with Crippen molar-refractivity contribution in [1.82, 2.24) is 0 Å². The van der Waals surface area contributed by atoms with Crippen LogP contribution in [0.2, 0.25) is 0 Å². The highest BCUT2D eigenvalue weighted by atomic mass is 16.6. The van der Waals surface area contributed by atoms with E-state index in [4.69, 9.17) is 14.9 Å². The fraction of sp³-hybridized carbons (Fsp3) is 0.722. The minimum absolute atomic E-state index is 0.322. The first-order chi connectivity index (χ1) is 10.7. The third-order valence-corrected chi connectivity index (χ3v) is 3.93. The number of hydrogen-bond acceptors (Lipinski definition) is 3. The molecule has 0 amide bonds. The summed E-state index contributed by atoms with van der Waals surface area (Å²) >= 11 is 0. The molecule has 2 unspecified atom stereocenters. The molecule has 1 aliphatic rings. The van der Waals surface area contributed by atoms with Crippen molar-refractivity contribution in [3.63, 3.8) is 0 Å². The van der Waals surface area contributed by atoms with Gasteiger partial charge in [-0.05, 0) is 32.1 Å². The zero-order valence-electron chi connectivity index (χ0n) is 13.5. The molecule has 2 N–H and O–H groups in total. The van der Waals surface area contributed by atoms with Gasteiger partial charge in [0.05, 0.1) is 12.2 Å². The Bertz CT molecular complexity index is 349. The standard InChI is InChI=1S/C18H30O4/c19-15-11-7-2-1-4-8-12-16-17(22-16)13-9-5-3-6-10-14-18(20)21/h3,6,10,14,16-17,19H,1-2,4-5,7-9,11-13,15H2,(H,20,21). The van der Waals surface area contributed by atoms with E-state index in [0.29, 0.717) is 18.8 Å². The maximum atomic E-state index is 10.2. The van der Waals surface area contributed by atoms with Crippen molar-refractivity contribution >= 4 is 5.97 Å². The predicted octanol–water partition coefficient (Wildman–Crippen LogP) is 3.84. The molecule has 2 atom stereocenters. The van der Waals surface area contributed by atoms with Crippen LogP contribution in [0.3, 0.4) is 0 Å². The summed E-state index contributed by atoms with van der Waals surface area (Å²) in [6.07, 6.45) is 18.9. The van der Waals surface area contributed by atoms with Gasteiger partial charge >= 0.3 is 5.97 Å². The number of aliphatic hydroxyl groups excluding tert-OH is 1. The Morgan fingerprint density at radius 1 is 0.909 bits per heavy atom. The van der Waals surface area contributed by atoms with Gasteiger partial charge in [0.2, 0.25) is 0 Å². The van der Waals surface area contributed by atoms with E-state index in [-0.39, 0.29) is 0 Å². The minimum Gasteiger partial charge on any atom is -0.478 e. The molecule has 0 aromatic carbocycles. The number of rotatable bonds is 14. The van der Waals surface area contributed by atoms with E-state index in [1.54, 1.807) is 12.2 Å². The number of carboxylic acids is 1. The maximum Gasteiger partial charge on any atom is 0.328 e. The number of aliphatic hydroxyl groups is 1. The van der Waals surface area contributed by atoms with Crippen molar-refractivity contribution in [2.24, 2.45) is 0 Å². The Morgan fingerprint density at radius 2 is 1.55 bits per heavy atom. The molecular formula is C18H30O4. The van der Waals surface area contributed by atoms with E-state index in [1.165, 1.54) is 32.1 Å². The van der Waals surface area contributed by atoms with E-state index in [9.17, 15) is 4.79 Å². The molecule has 0 aromatic heterocycles. The van der Waals surface area contributed by atoms with Gasteiger partial charge in [-0.25, -0.2) is 4.79 Å². The molecule has 4 heteroatoms. The van der Waals surface area contributed by atoms with Gasteiger partial charge in [0.1, 0.15) is 0 Å². The highest BCUT2D eigenvalue weighted by Gasteiger charge is 2.36. The number of carboxylic acid groups (broad SMARTS) is 1. The number of unbranched alkanes of at least 4 members (excludes halogenated alkanes) is 6. The first-order valence-electron chi connectivity index (χ1n) is 8.56. The summed E-state index contributed by atoms with van der Waals surface area (Å²) in [4.78, 5) is 10.2. The Labute approximate surface area is 133 Å². The van der Waals surface area contributed by atoms with Crippen molar-refractivity contribution in [2.75, 3.05) is 6.61 Å². The zero-order valence-corrected chi connectivity index (χ0v) is 13.5. The quantitative estimate of drug-likeness (QED) is 0.221. The molecule has 0 aromatic rings. The van der Waals surface area contributed by atoms with Gasteiger partial charge in [-0.15, -0.1) is 0 Å². The van der Waals surface area contributed by atoms with E-state index >= 15 is 0 Å². The van der Waals surface area contributed by atoms with Crippen molar-refractivity contribution in [2.45, 2.75) is 76.4 Å². The summed E-state index contributed by atoms with van der Waals surface area (Å²) in [5.41, 5.74) is 0. The van der Waals surface area contributed by atoms with E-state index < -0.39 is 5.97 Å². The average Bonchev–Trinajstić information content (AvgIpc) is 3.23. The molecule has 0 radical (unpaired) electrons. The van der Waals surface area contributed by atoms with Crippen LogP contribution in [0.1, 0.15) is 64.2 Å². The molecule has 0 saturated carbocycles. The molecule has 22 heavy (non-hydrogen) atoms. The smallest absolute Gasteiger partial charge is 0.328 e. The molecule has 1 rings (SSSR count). The number of allylic oxidation sites excluding steroid dienone is 3. The van der Waals surface area contributed by atoms with Crippen LogP contribution in [-0.4, -0.2) is 35.0 Å². The van der Waals surface area contributed by atoms with Crippen LogP contribution in [0, 0.1) is 0 Å². The van der Waals surface area contributed by atoms with E-state index in [2.05, 4.69) is 0 Å². The van der Waals surface area contributed by atoms with Gasteiger partial charge < -0.3 is 14.9 Å². The van der Waals surface area contributed by atoms with Gasteiger partial charge in [0.15, 0.2) is 0 Å². The van der Waals surface area contributed by atoms with Crippen molar-refractivity contribution in [3.05, 3.63) is 24.3 Å². The molecule has 1 aliphatic heterocycles. The van der Waals surface area contributed by atoms with Crippen LogP contribution in [0.4, 0.5) is 0 Å². The summed E-state index contributed by atoms with van der Waals surface area (Å²) in [6, 6.07) is 0. The summed E-state index contributed by atoms with van der Waals surface area (Å²) in [7, 11) is 0. The first-order valence-corrected chi connectivity index (χ1v) is 8.56.